The Hall–Kier alpha value is -4.89. The highest BCUT2D eigenvalue weighted by molar-refractivity contribution is 8.00. The van der Waals surface area contributed by atoms with E-state index in [0.717, 1.165) is 0 Å². The molecule has 0 radical (unpaired) electrons. The molecule has 0 nitrogen and oxygen atoms in total. The summed E-state index contributed by atoms with van der Waals surface area (Å²) in [5, 5.41) is 3.08. The first-order valence-corrected chi connectivity index (χ1v) is 21.4. The summed E-state index contributed by atoms with van der Waals surface area (Å²) in [5.41, 5.74) is 13.9. The smallest absolute Gasteiger partial charge is 0.0897 e. The molecule has 2 heteroatoms. The Kier molecular flexibility index (Phi) is 8.26. The van der Waals surface area contributed by atoms with Crippen molar-refractivity contribution in [3.8, 4) is 55.6 Å². The van der Waals surface area contributed by atoms with Gasteiger partial charge in [0.1, 0.15) is 8.07 Å². The van der Waals surface area contributed by atoms with E-state index in [-0.39, 0.29) is 5.41 Å². The molecule has 0 saturated carbocycles. The van der Waals surface area contributed by atoms with Gasteiger partial charge in [-0.3, -0.25) is 0 Å². The third-order valence-electron chi connectivity index (χ3n) is 10.3. The second-order valence-electron chi connectivity index (χ2n) is 15.0. The summed E-state index contributed by atoms with van der Waals surface area (Å²) in [7, 11) is -1.91. The average molecular weight is 679 g/mol. The summed E-state index contributed by atoms with van der Waals surface area (Å²) >= 11 is 1.97. The van der Waals surface area contributed by atoms with Crippen LogP contribution >= 0.6 is 11.8 Å². The van der Waals surface area contributed by atoms with Gasteiger partial charge in [0.2, 0.25) is 0 Å². The number of fused-ring (bicyclic) bond motifs is 2. The molecular formula is C48H42SSi. The molecule has 1 aliphatic rings. The van der Waals surface area contributed by atoms with E-state index in [4.69, 9.17) is 0 Å². The standard InChI is InChI=1S/C48H42SSi/c1-48(2,3)42-28-29-45-47(49-43-26-15-16-27-44(43)50(45,4)5)46(42)37-25-17-24-36(30-37)41-32-39(34-20-11-7-12-21-34)38(33-18-9-6-10-19-33)31-40(41)35-22-13-8-14-23-35/h6-32H,1-5H3. The van der Waals surface area contributed by atoms with Crippen LogP contribution in [-0.4, -0.2) is 8.07 Å². The Bertz CT molecular complexity index is 2330. The molecule has 0 unspecified atom stereocenters. The highest BCUT2D eigenvalue weighted by atomic mass is 32.2. The minimum Gasteiger partial charge on any atom is -0.0897 e. The van der Waals surface area contributed by atoms with Gasteiger partial charge in [0.05, 0.1) is 0 Å². The predicted octanol–water partition coefficient (Wildman–Crippen LogP) is 12.6. The second-order valence-corrected chi connectivity index (χ2v) is 20.3. The lowest BCUT2D eigenvalue weighted by molar-refractivity contribution is 0.591. The molecule has 7 aromatic rings. The van der Waals surface area contributed by atoms with Crippen molar-refractivity contribution in [1.29, 1.82) is 0 Å². The third kappa shape index (κ3) is 5.77. The maximum absolute atomic E-state index is 2.52. The van der Waals surface area contributed by atoms with Crippen LogP contribution in [0.25, 0.3) is 55.6 Å². The van der Waals surface area contributed by atoms with Crippen molar-refractivity contribution < 1.29 is 0 Å². The first-order valence-electron chi connectivity index (χ1n) is 17.6. The van der Waals surface area contributed by atoms with Crippen molar-refractivity contribution in [2.75, 3.05) is 0 Å². The van der Waals surface area contributed by atoms with E-state index in [9.17, 15) is 0 Å². The summed E-state index contributed by atoms with van der Waals surface area (Å²) in [4.78, 5) is 2.85. The molecule has 244 valence electrons. The lowest BCUT2D eigenvalue weighted by atomic mass is 9.81. The van der Waals surface area contributed by atoms with Gasteiger partial charge in [-0.15, -0.1) is 0 Å². The van der Waals surface area contributed by atoms with Crippen LogP contribution in [0.1, 0.15) is 26.3 Å². The van der Waals surface area contributed by atoms with Crippen molar-refractivity contribution in [2.24, 2.45) is 0 Å². The Labute approximate surface area is 302 Å². The Morgan fingerprint density at radius 3 is 1.42 bits per heavy atom. The van der Waals surface area contributed by atoms with Crippen LogP contribution < -0.4 is 10.4 Å². The number of rotatable bonds is 5. The fourth-order valence-corrected chi connectivity index (χ4v) is 13.3. The molecule has 0 bridgehead atoms. The zero-order valence-corrected chi connectivity index (χ0v) is 31.3. The van der Waals surface area contributed by atoms with Crippen LogP contribution in [0.15, 0.2) is 174 Å². The predicted molar refractivity (Wildman–Crippen MR) is 220 cm³/mol. The highest BCUT2D eigenvalue weighted by Gasteiger charge is 2.38. The molecule has 0 fully saturated rings. The van der Waals surface area contributed by atoms with Gasteiger partial charge in [-0.25, -0.2) is 0 Å². The fourth-order valence-electron chi connectivity index (χ4n) is 7.67. The lowest BCUT2D eigenvalue weighted by Gasteiger charge is -2.36. The van der Waals surface area contributed by atoms with Crippen LogP contribution in [0.3, 0.4) is 0 Å². The van der Waals surface area contributed by atoms with E-state index in [1.807, 2.05) is 11.8 Å². The third-order valence-corrected chi connectivity index (χ3v) is 15.4. The Balaban J connectivity index is 1.39. The van der Waals surface area contributed by atoms with Gasteiger partial charge in [-0.2, -0.15) is 0 Å². The van der Waals surface area contributed by atoms with Crippen molar-refractivity contribution in [3.05, 3.63) is 169 Å². The molecule has 0 amide bonds. The Morgan fingerprint density at radius 1 is 0.420 bits per heavy atom. The first kappa shape index (κ1) is 32.3. The zero-order valence-electron chi connectivity index (χ0n) is 29.5. The quantitative estimate of drug-likeness (QED) is 0.163. The zero-order chi connectivity index (χ0) is 34.5. The number of hydrogen-bond donors (Lipinski definition) is 0. The normalized spacial score (nSPS) is 13.4. The van der Waals surface area contributed by atoms with Crippen LogP contribution in [-0.2, 0) is 5.41 Å². The van der Waals surface area contributed by atoms with Gasteiger partial charge >= 0.3 is 0 Å². The Morgan fingerprint density at radius 2 is 0.880 bits per heavy atom. The van der Waals surface area contributed by atoms with Crippen molar-refractivity contribution in [3.63, 3.8) is 0 Å². The van der Waals surface area contributed by atoms with E-state index < -0.39 is 8.07 Å². The van der Waals surface area contributed by atoms with Crippen molar-refractivity contribution in [1.82, 2.24) is 0 Å². The topological polar surface area (TPSA) is 0 Å². The molecule has 0 saturated heterocycles. The van der Waals surface area contributed by atoms with Gasteiger partial charge in [0.25, 0.3) is 0 Å². The van der Waals surface area contributed by atoms with E-state index in [2.05, 4.69) is 198 Å². The largest absolute Gasteiger partial charge is 0.115 e. The lowest BCUT2D eigenvalue weighted by Crippen LogP contribution is -2.56. The van der Waals surface area contributed by atoms with E-state index in [1.54, 1.807) is 5.19 Å². The monoisotopic (exact) mass is 678 g/mol. The maximum atomic E-state index is 2.52. The molecule has 0 N–H and O–H groups in total. The molecule has 8 rings (SSSR count). The van der Waals surface area contributed by atoms with Crippen LogP contribution in [0.2, 0.25) is 13.1 Å². The average Bonchev–Trinajstić information content (AvgIpc) is 3.15. The van der Waals surface area contributed by atoms with E-state index >= 15 is 0 Å². The van der Waals surface area contributed by atoms with Gasteiger partial charge in [0.15, 0.2) is 0 Å². The molecule has 50 heavy (non-hydrogen) atoms. The maximum Gasteiger partial charge on any atom is 0.115 e. The first-order chi connectivity index (χ1) is 24.2. The minimum atomic E-state index is -1.91. The molecular weight excluding hydrogens is 637 g/mol. The summed E-state index contributed by atoms with van der Waals surface area (Å²) in [6.45, 7) is 12.1. The van der Waals surface area contributed by atoms with Crippen LogP contribution in [0, 0.1) is 0 Å². The molecule has 0 aromatic heterocycles. The summed E-state index contributed by atoms with van der Waals surface area (Å²) in [6.07, 6.45) is 0. The second kappa shape index (κ2) is 12.8. The molecule has 0 atom stereocenters. The minimum absolute atomic E-state index is 0.0173. The SMILES string of the molecule is CC(C)(C)c1ccc2c(c1-c1cccc(-c3cc(-c4ccccc4)c(-c4ccccc4)cc3-c3ccccc3)c1)Sc1ccccc1[Si]2(C)C. The van der Waals surface area contributed by atoms with Gasteiger partial charge in [-0.1, -0.05) is 185 Å². The summed E-state index contributed by atoms with van der Waals surface area (Å²) in [6, 6.07) is 60.8. The van der Waals surface area contributed by atoms with Crippen molar-refractivity contribution >= 4 is 30.2 Å². The molecule has 1 aliphatic heterocycles. The summed E-state index contributed by atoms with van der Waals surface area (Å²) in [5.74, 6) is 0. The van der Waals surface area contributed by atoms with Gasteiger partial charge in [0, 0.05) is 9.79 Å². The summed E-state index contributed by atoms with van der Waals surface area (Å²) < 4.78 is 0. The molecule has 7 aromatic carbocycles. The fraction of sp³-hybridized carbons (Fsp3) is 0.125. The molecule has 1 heterocycles. The van der Waals surface area contributed by atoms with Crippen LogP contribution in [0.5, 0.6) is 0 Å². The van der Waals surface area contributed by atoms with Gasteiger partial charge < -0.3 is 0 Å². The number of hydrogen-bond acceptors (Lipinski definition) is 1. The van der Waals surface area contributed by atoms with E-state index in [1.165, 1.54) is 76.2 Å². The van der Waals surface area contributed by atoms with Gasteiger partial charge in [-0.05, 0) is 101 Å². The molecule has 0 aliphatic carbocycles. The number of benzene rings is 7. The molecule has 0 spiro atoms. The van der Waals surface area contributed by atoms with Crippen molar-refractivity contribution in [2.45, 2.75) is 49.1 Å². The van der Waals surface area contributed by atoms with Crippen LogP contribution in [0.4, 0.5) is 0 Å². The highest BCUT2D eigenvalue weighted by Crippen LogP contribution is 2.47. The van der Waals surface area contributed by atoms with E-state index in [0.29, 0.717) is 0 Å².